The summed E-state index contributed by atoms with van der Waals surface area (Å²) in [5, 5.41) is 0. The number of carbonyl (C=O) groups is 1. The van der Waals surface area contributed by atoms with E-state index in [2.05, 4.69) is 0 Å². The lowest BCUT2D eigenvalue weighted by Crippen LogP contribution is -2.50. The predicted molar refractivity (Wildman–Crippen MR) is 80.5 cm³/mol. The second kappa shape index (κ2) is 4.44. The molecule has 1 heterocycles. The van der Waals surface area contributed by atoms with Gasteiger partial charge < -0.3 is 10.6 Å². The molecule has 0 spiro atoms. The van der Waals surface area contributed by atoms with Crippen molar-refractivity contribution >= 4 is 29.0 Å². The van der Waals surface area contributed by atoms with Gasteiger partial charge in [0.15, 0.2) is 0 Å². The molecule has 1 aliphatic heterocycles. The van der Waals surface area contributed by atoms with Crippen molar-refractivity contribution in [2.24, 2.45) is 0 Å². The van der Waals surface area contributed by atoms with Crippen molar-refractivity contribution in [1.82, 2.24) is 0 Å². The summed E-state index contributed by atoms with van der Waals surface area (Å²) in [6.07, 6.45) is 4.67. The average Bonchev–Trinajstić information content (AvgIpc) is 2.85. The molecular formula is C15H20N2OS. The van der Waals surface area contributed by atoms with Crippen LogP contribution >= 0.6 is 11.8 Å². The molecule has 3 rings (SSSR count). The maximum atomic E-state index is 12.8. The van der Waals surface area contributed by atoms with Gasteiger partial charge in [0.05, 0.1) is 10.4 Å². The van der Waals surface area contributed by atoms with Crippen molar-refractivity contribution in [2.45, 2.75) is 55.2 Å². The molecule has 1 amide bonds. The molecule has 0 bridgehead atoms. The van der Waals surface area contributed by atoms with E-state index in [1.165, 1.54) is 17.7 Å². The van der Waals surface area contributed by atoms with Crippen molar-refractivity contribution in [3.8, 4) is 0 Å². The highest BCUT2D eigenvalue weighted by Gasteiger charge is 2.43. The first kappa shape index (κ1) is 12.9. The zero-order chi connectivity index (χ0) is 13.6. The summed E-state index contributed by atoms with van der Waals surface area (Å²) in [7, 11) is 0. The van der Waals surface area contributed by atoms with E-state index in [1.54, 1.807) is 11.8 Å². The van der Waals surface area contributed by atoms with Gasteiger partial charge in [-0.2, -0.15) is 0 Å². The number of rotatable bonds is 1. The first-order chi connectivity index (χ1) is 8.99. The molecular weight excluding hydrogens is 256 g/mol. The van der Waals surface area contributed by atoms with E-state index in [-0.39, 0.29) is 10.7 Å². The van der Waals surface area contributed by atoms with Crippen LogP contribution in [0.2, 0.25) is 0 Å². The quantitative estimate of drug-likeness (QED) is 0.799. The average molecular weight is 276 g/mol. The van der Waals surface area contributed by atoms with Crippen molar-refractivity contribution in [3.63, 3.8) is 0 Å². The minimum absolute atomic E-state index is 0.225. The van der Waals surface area contributed by atoms with E-state index in [1.807, 2.05) is 36.9 Å². The molecule has 1 aromatic carbocycles. The maximum Gasteiger partial charge on any atom is 0.243 e. The minimum atomic E-state index is -0.383. The molecule has 1 aromatic rings. The summed E-state index contributed by atoms with van der Waals surface area (Å²) in [5.74, 6) is 0.225. The van der Waals surface area contributed by atoms with Gasteiger partial charge in [-0.15, -0.1) is 11.8 Å². The summed E-state index contributed by atoms with van der Waals surface area (Å²) < 4.78 is -0.383. The van der Waals surface area contributed by atoms with E-state index < -0.39 is 0 Å². The van der Waals surface area contributed by atoms with Crippen LogP contribution in [0, 0.1) is 0 Å². The second-order valence-corrected chi connectivity index (χ2v) is 7.62. The Hall–Kier alpha value is -1.16. The molecule has 0 aromatic heterocycles. The number of hydrogen-bond donors (Lipinski definition) is 1. The van der Waals surface area contributed by atoms with Crippen LogP contribution in [0.4, 0.5) is 11.4 Å². The van der Waals surface area contributed by atoms with E-state index in [0.29, 0.717) is 6.04 Å². The SMILES string of the molecule is CC1(C)Sc2ccc(N)cc2N(C2CCCC2)C1=O. The minimum Gasteiger partial charge on any atom is -0.399 e. The molecule has 1 saturated carbocycles. The highest BCUT2D eigenvalue weighted by molar-refractivity contribution is 8.01. The molecule has 1 aliphatic carbocycles. The van der Waals surface area contributed by atoms with Gasteiger partial charge in [0.1, 0.15) is 0 Å². The zero-order valence-electron chi connectivity index (χ0n) is 11.5. The number of nitrogens with zero attached hydrogens (tertiary/aromatic N) is 1. The Labute approximate surface area is 118 Å². The number of nitrogens with two attached hydrogens (primary N) is 1. The number of amides is 1. The highest BCUT2D eigenvalue weighted by Crippen LogP contribution is 2.47. The number of fused-ring (bicyclic) bond motifs is 1. The normalized spacial score (nSPS) is 22.6. The topological polar surface area (TPSA) is 46.3 Å². The molecule has 0 saturated heterocycles. The summed E-state index contributed by atoms with van der Waals surface area (Å²) in [6, 6.07) is 6.28. The number of anilines is 2. The fraction of sp³-hybridized carbons (Fsp3) is 0.533. The molecule has 4 heteroatoms. The molecule has 1 fully saturated rings. The Bertz CT molecular complexity index is 521. The van der Waals surface area contributed by atoms with Crippen LogP contribution in [-0.4, -0.2) is 16.7 Å². The molecule has 2 aliphatic rings. The summed E-state index contributed by atoms with van der Waals surface area (Å²) >= 11 is 1.65. The van der Waals surface area contributed by atoms with Crippen LogP contribution in [0.5, 0.6) is 0 Å². The molecule has 2 N–H and O–H groups in total. The van der Waals surface area contributed by atoms with Gasteiger partial charge in [-0.1, -0.05) is 12.8 Å². The smallest absolute Gasteiger partial charge is 0.243 e. The number of carbonyl (C=O) groups excluding carboxylic acids is 1. The third-order valence-electron chi connectivity index (χ3n) is 4.03. The predicted octanol–water partition coefficient (Wildman–Crippen LogP) is 3.43. The van der Waals surface area contributed by atoms with Crippen LogP contribution in [-0.2, 0) is 4.79 Å². The number of hydrogen-bond acceptors (Lipinski definition) is 3. The van der Waals surface area contributed by atoms with Crippen molar-refractivity contribution in [1.29, 1.82) is 0 Å². The third kappa shape index (κ3) is 2.12. The highest BCUT2D eigenvalue weighted by atomic mass is 32.2. The van der Waals surface area contributed by atoms with Gasteiger partial charge in [0.25, 0.3) is 0 Å². The van der Waals surface area contributed by atoms with Gasteiger partial charge in [0, 0.05) is 16.6 Å². The molecule has 0 unspecified atom stereocenters. The Morgan fingerprint density at radius 2 is 2.00 bits per heavy atom. The van der Waals surface area contributed by atoms with E-state index in [0.717, 1.165) is 24.2 Å². The fourth-order valence-electron chi connectivity index (χ4n) is 3.05. The Balaban J connectivity index is 2.09. The number of benzene rings is 1. The zero-order valence-corrected chi connectivity index (χ0v) is 12.3. The summed E-state index contributed by atoms with van der Waals surface area (Å²) in [5.41, 5.74) is 7.65. The maximum absolute atomic E-state index is 12.8. The van der Waals surface area contributed by atoms with Crippen molar-refractivity contribution in [2.75, 3.05) is 10.6 Å². The summed E-state index contributed by atoms with van der Waals surface area (Å²) in [6.45, 7) is 4.03. The van der Waals surface area contributed by atoms with Gasteiger partial charge in [-0.05, 0) is 44.9 Å². The Morgan fingerprint density at radius 3 is 2.68 bits per heavy atom. The fourth-order valence-corrected chi connectivity index (χ4v) is 4.19. The monoisotopic (exact) mass is 276 g/mol. The van der Waals surface area contributed by atoms with Gasteiger partial charge in [0.2, 0.25) is 5.91 Å². The Kier molecular flexibility index (Phi) is 3.01. The largest absolute Gasteiger partial charge is 0.399 e. The van der Waals surface area contributed by atoms with Crippen molar-refractivity contribution in [3.05, 3.63) is 18.2 Å². The van der Waals surface area contributed by atoms with Crippen molar-refractivity contribution < 1.29 is 4.79 Å². The lowest BCUT2D eigenvalue weighted by molar-refractivity contribution is -0.120. The molecule has 3 nitrogen and oxygen atoms in total. The van der Waals surface area contributed by atoms with Gasteiger partial charge in [-0.25, -0.2) is 0 Å². The van der Waals surface area contributed by atoms with Crippen LogP contribution in [0.3, 0.4) is 0 Å². The number of nitrogen functional groups attached to an aromatic ring is 1. The number of thioether (sulfide) groups is 1. The lowest BCUT2D eigenvalue weighted by atomic mass is 10.1. The first-order valence-corrected chi connectivity index (χ1v) is 7.73. The van der Waals surface area contributed by atoms with Crippen LogP contribution in [0.15, 0.2) is 23.1 Å². The van der Waals surface area contributed by atoms with E-state index in [4.69, 9.17) is 5.73 Å². The first-order valence-electron chi connectivity index (χ1n) is 6.91. The van der Waals surface area contributed by atoms with Crippen LogP contribution in [0.25, 0.3) is 0 Å². The van der Waals surface area contributed by atoms with Crippen LogP contribution < -0.4 is 10.6 Å². The van der Waals surface area contributed by atoms with E-state index in [9.17, 15) is 4.79 Å². The molecule has 102 valence electrons. The standard InChI is InChI=1S/C15H20N2OS/c1-15(2)14(18)17(11-5-3-4-6-11)12-9-10(16)7-8-13(12)19-15/h7-9,11H,3-6,16H2,1-2H3. The van der Waals surface area contributed by atoms with E-state index >= 15 is 0 Å². The molecule has 19 heavy (non-hydrogen) atoms. The molecule has 0 radical (unpaired) electrons. The second-order valence-electron chi connectivity index (χ2n) is 5.95. The molecule has 0 atom stereocenters. The third-order valence-corrected chi connectivity index (χ3v) is 5.28. The van der Waals surface area contributed by atoms with Gasteiger partial charge >= 0.3 is 0 Å². The lowest BCUT2D eigenvalue weighted by Gasteiger charge is -2.41. The van der Waals surface area contributed by atoms with Gasteiger partial charge in [-0.3, -0.25) is 4.79 Å². The summed E-state index contributed by atoms with van der Waals surface area (Å²) in [4.78, 5) is 16.0. The Morgan fingerprint density at radius 1 is 1.32 bits per heavy atom. The van der Waals surface area contributed by atoms with Crippen LogP contribution in [0.1, 0.15) is 39.5 Å².